The van der Waals surface area contributed by atoms with Crippen LogP contribution in [-0.2, 0) is 6.54 Å². The summed E-state index contributed by atoms with van der Waals surface area (Å²) in [7, 11) is 1.67. The van der Waals surface area contributed by atoms with Gasteiger partial charge in [-0.25, -0.2) is 9.97 Å². The molecule has 0 atom stereocenters. The zero-order valence-electron chi connectivity index (χ0n) is 16.2. The van der Waals surface area contributed by atoms with Crippen LogP contribution in [-0.4, -0.2) is 40.3 Å². The Morgan fingerprint density at radius 2 is 2.00 bits per heavy atom. The highest BCUT2D eigenvalue weighted by atomic mass is 32.1. The number of benzene rings is 1. The Morgan fingerprint density at radius 1 is 1.14 bits per heavy atom. The summed E-state index contributed by atoms with van der Waals surface area (Å²) in [4.78, 5) is 16.5. The number of ether oxygens (including phenoxy) is 1. The molecule has 0 amide bonds. The van der Waals surface area contributed by atoms with E-state index in [2.05, 4.69) is 43.4 Å². The van der Waals surface area contributed by atoms with Crippen molar-refractivity contribution in [1.82, 2.24) is 15.0 Å². The second kappa shape index (κ2) is 8.98. The van der Waals surface area contributed by atoms with Gasteiger partial charge in [0.05, 0.1) is 12.5 Å². The van der Waals surface area contributed by atoms with E-state index in [0.717, 1.165) is 38.5 Å². The van der Waals surface area contributed by atoms with Crippen LogP contribution >= 0.6 is 11.3 Å². The highest BCUT2D eigenvalue weighted by molar-refractivity contribution is 7.17. The lowest BCUT2D eigenvalue weighted by atomic mass is 10.1. The van der Waals surface area contributed by atoms with Gasteiger partial charge in [-0.15, -0.1) is 11.3 Å². The van der Waals surface area contributed by atoms with E-state index in [9.17, 15) is 5.11 Å². The third-order valence-corrected chi connectivity index (χ3v) is 5.62. The summed E-state index contributed by atoms with van der Waals surface area (Å²) in [5.74, 6) is 1.70. The van der Waals surface area contributed by atoms with Gasteiger partial charge in [0.1, 0.15) is 22.7 Å². The Labute approximate surface area is 173 Å². The van der Waals surface area contributed by atoms with Crippen molar-refractivity contribution < 1.29 is 9.84 Å². The molecule has 3 heterocycles. The number of nitrogens with zero attached hydrogens (tertiary/aromatic N) is 4. The molecule has 7 heteroatoms. The standard InChI is InChI=1S/C22H22N4O2S/c1-28-18-7-5-17(6-8-18)19-14-29-22-20(19)21(24-15-25-22)26(10-3-11-27)13-16-4-2-9-23-12-16/h2,4-9,12,14-15,27H,3,10-11,13H2,1H3. The van der Waals surface area contributed by atoms with Gasteiger partial charge in [0.2, 0.25) is 0 Å². The van der Waals surface area contributed by atoms with E-state index in [-0.39, 0.29) is 6.61 Å². The summed E-state index contributed by atoms with van der Waals surface area (Å²) in [6.07, 6.45) is 5.91. The first-order valence-corrected chi connectivity index (χ1v) is 10.3. The molecule has 0 aliphatic heterocycles. The summed E-state index contributed by atoms with van der Waals surface area (Å²) in [5, 5.41) is 12.6. The molecule has 0 spiro atoms. The highest BCUT2D eigenvalue weighted by Crippen LogP contribution is 2.38. The lowest BCUT2D eigenvalue weighted by Crippen LogP contribution is -2.26. The molecule has 0 bridgehead atoms. The molecule has 0 aliphatic carbocycles. The van der Waals surface area contributed by atoms with Crippen LogP contribution < -0.4 is 9.64 Å². The van der Waals surface area contributed by atoms with E-state index < -0.39 is 0 Å². The molecular formula is C22H22N4O2S. The van der Waals surface area contributed by atoms with Crippen LogP contribution in [0.5, 0.6) is 5.75 Å². The highest BCUT2D eigenvalue weighted by Gasteiger charge is 2.18. The average Bonchev–Trinajstić information content (AvgIpc) is 3.22. The second-order valence-corrected chi connectivity index (χ2v) is 7.47. The van der Waals surface area contributed by atoms with Crippen molar-refractivity contribution in [2.45, 2.75) is 13.0 Å². The quantitative estimate of drug-likeness (QED) is 0.474. The molecular weight excluding hydrogens is 384 g/mol. The van der Waals surface area contributed by atoms with E-state index in [1.165, 1.54) is 0 Å². The molecule has 1 aromatic carbocycles. The third kappa shape index (κ3) is 4.21. The van der Waals surface area contributed by atoms with Gasteiger partial charge in [-0.3, -0.25) is 4.98 Å². The first-order valence-electron chi connectivity index (χ1n) is 9.41. The number of fused-ring (bicyclic) bond motifs is 1. The monoisotopic (exact) mass is 406 g/mol. The first kappa shape index (κ1) is 19.3. The number of hydrogen-bond acceptors (Lipinski definition) is 7. The SMILES string of the molecule is COc1ccc(-c2csc3ncnc(N(CCCO)Cc4cccnc4)c23)cc1. The molecule has 148 valence electrons. The van der Waals surface area contributed by atoms with E-state index in [1.54, 1.807) is 31.0 Å². The third-order valence-electron chi connectivity index (χ3n) is 4.73. The Morgan fingerprint density at radius 3 is 2.72 bits per heavy atom. The lowest BCUT2D eigenvalue weighted by molar-refractivity contribution is 0.289. The number of methoxy groups -OCH3 is 1. The fraction of sp³-hybridized carbons (Fsp3) is 0.227. The van der Waals surface area contributed by atoms with Crippen molar-refractivity contribution in [3.63, 3.8) is 0 Å². The molecule has 0 fully saturated rings. The Bertz CT molecular complexity index is 1070. The molecule has 1 N–H and O–H groups in total. The number of aromatic nitrogens is 3. The fourth-order valence-corrected chi connectivity index (χ4v) is 4.23. The van der Waals surface area contributed by atoms with Crippen molar-refractivity contribution >= 4 is 27.4 Å². The maximum absolute atomic E-state index is 9.40. The summed E-state index contributed by atoms with van der Waals surface area (Å²) in [6, 6.07) is 12.0. The Kier molecular flexibility index (Phi) is 5.97. The molecule has 0 radical (unpaired) electrons. The van der Waals surface area contributed by atoms with Gasteiger partial charge < -0.3 is 14.7 Å². The van der Waals surface area contributed by atoms with Crippen molar-refractivity contribution in [3.05, 3.63) is 66.1 Å². The van der Waals surface area contributed by atoms with E-state index in [0.29, 0.717) is 19.5 Å². The molecule has 0 unspecified atom stereocenters. The predicted molar refractivity (Wildman–Crippen MR) is 116 cm³/mol. The van der Waals surface area contributed by atoms with Crippen molar-refractivity contribution in [3.8, 4) is 16.9 Å². The van der Waals surface area contributed by atoms with Crippen LogP contribution in [0.2, 0.25) is 0 Å². The molecule has 4 aromatic rings. The Hall–Kier alpha value is -3.03. The minimum Gasteiger partial charge on any atom is -0.497 e. The molecule has 29 heavy (non-hydrogen) atoms. The van der Waals surface area contributed by atoms with Gasteiger partial charge >= 0.3 is 0 Å². The van der Waals surface area contributed by atoms with Crippen LogP contribution in [0.15, 0.2) is 60.5 Å². The number of aliphatic hydroxyl groups is 1. The van der Waals surface area contributed by atoms with E-state index >= 15 is 0 Å². The van der Waals surface area contributed by atoms with Gasteiger partial charge in [-0.1, -0.05) is 18.2 Å². The van der Waals surface area contributed by atoms with Crippen LogP contribution in [0.25, 0.3) is 21.3 Å². The van der Waals surface area contributed by atoms with Crippen LogP contribution in [0.4, 0.5) is 5.82 Å². The minimum absolute atomic E-state index is 0.132. The van der Waals surface area contributed by atoms with Crippen LogP contribution in [0.3, 0.4) is 0 Å². The van der Waals surface area contributed by atoms with Crippen molar-refractivity contribution in [2.24, 2.45) is 0 Å². The number of thiophene rings is 1. The normalized spacial score (nSPS) is 11.0. The smallest absolute Gasteiger partial charge is 0.141 e. The van der Waals surface area contributed by atoms with Crippen LogP contribution in [0, 0.1) is 0 Å². The number of hydrogen-bond donors (Lipinski definition) is 1. The van der Waals surface area contributed by atoms with Gasteiger partial charge in [-0.2, -0.15) is 0 Å². The topological polar surface area (TPSA) is 71.4 Å². The summed E-state index contributed by atoms with van der Waals surface area (Å²) < 4.78 is 5.29. The predicted octanol–water partition coefficient (Wildman–Crippen LogP) is 4.15. The summed E-state index contributed by atoms with van der Waals surface area (Å²) in [6.45, 7) is 1.49. The van der Waals surface area contributed by atoms with Gasteiger partial charge in [0, 0.05) is 43.0 Å². The second-order valence-electron chi connectivity index (χ2n) is 6.62. The fourth-order valence-electron chi connectivity index (χ4n) is 3.32. The molecule has 0 aliphatic rings. The first-order chi connectivity index (χ1) is 14.3. The number of pyridine rings is 1. The van der Waals surface area contributed by atoms with Gasteiger partial charge in [0.15, 0.2) is 0 Å². The maximum Gasteiger partial charge on any atom is 0.141 e. The van der Waals surface area contributed by atoms with Gasteiger partial charge in [-0.05, 0) is 35.7 Å². The average molecular weight is 407 g/mol. The number of rotatable bonds is 8. The molecule has 0 saturated carbocycles. The molecule has 3 aromatic heterocycles. The summed E-state index contributed by atoms with van der Waals surface area (Å²) >= 11 is 1.61. The molecule has 4 rings (SSSR count). The minimum atomic E-state index is 0.132. The number of aliphatic hydroxyl groups excluding tert-OH is 1. The lowest BCUT2D eigenvalue weighted by Gasteiger charge is -2.24. The molecule has 6 nitrogen and oxygen atoms in total. The summed E-state index contributed by atoms with van der Waals surface area (Å²) in [5.41, 5.74) is 3.29. The molecule has 0 saturated heterocycles. The van der Waals surface area contributed by atoms with Gasteiger partial charge in [0.25, 0.3) is 0 Å². The van der Waals surface area contributed by atoms with Crippen molar-refractivity contribution in [2.75, 3.05) is 25.2 Å². The van der Waals surface area contributed by atoms with E-state index in [4.69, 9.17) is 4.74 Å². The van der Waals surface area contributed by atoms with E-state index in [1.807, 2.05) is 24.4 Å². The largest absolute Gasteiger partial charge is 0.497 e. The number of anilines is 1. The zero-order chi connectivity index (χ0) is 20.1. The van der Waals surface area contributed by atoms with Crippen molar-refractivity contribution in [1.29, 1.82) is 0 Å². The Balaban J connectivity index is 1.78. The maximum atomic E-state index is 9.40. The van der Waals surface area contributed by atoms with Crippen LogP contribution in [0.1, 0.15) is 12.0 Å². The zero-order valence-corrected chi connectivity index (χ0v) is 17.0.